The summed E-state index contributed by atoms with van der Waals surface area (Å²) in [5.41, 5.74) is 5.86. The van der Waals surface area contributed by atoms with Gasteiger partial charge in [0.05, 0.1) is 4.90 Å². The average molecular weight is 311 g/mol. The Bertz CT molecular complexity index is 697. The smallest absolute Gasteiger partial charge is 0.241 e. The lowest BCUT2D eigenvalue weighted by atomic mass is 10.2. The number of aromatic amines is 1. The zero-order chi connectivity index (χ0) is 14.6. The van der Waals surface area contributed by atoms with Crippen molar-refractivity contribution in [3.05, 3.63) is 42.0 Å². The Morgan fingerprint density at radius 1 is 1.40 bits per heavy atom. The van der Waals surface area contributed by atoms with Crippen molar-refractivity contribution in [3.8, 4) is 0 Å². The van der Waals surface area contributed by atoms with E-state index in [1.807, 2.05) is 0 Å². The van der Waals surface area contributed by atoms with Crippen LogP contribution in [0.4, 0.5) is 0 Å². The molecule has 0 aliphatic heterocycles. The number of thiocarbonyl (C=S) groups is 1. The molecule has 0 aliphatic rings. The molecule has 2 rings (SSSR count). The summed E-state index contributed by atoms with van der Waals surface area (Å²) in [5.74, 6) is 0.607. The van der Waals surface area contributed by atoms with Gasteiger partial charge in [-0.25, -0.2) is 18.1 Å². The number of H-pyrrole nitrogens is 1. The summed E-state index contributed by atoms with van der Waals surface area (Å²) in [6.45, 7) is 0.198. The van der Waals surface area contributed by atoms with Crippen LogP contribution in [0, 0.1) is 0 Å². The highest BCUT2D eigenvalue weighted by atomic mass is 32.2. The Balaban J connectivity index is 2.12. The lowest BCUT2D eigenvalue weighted by molar-refractivity contribution is 0.580. The number of nitrogens with two attached hydrogens (primary N) is 1. The summed E-state index contributed by atoms with van der Waals surface area (Å²) < 4.78 is 26.9. The molecule has 106 valence electrons. The van der Waals surface area contributed by atoms with Gasteiger partial charge in [-0.3, -0.25) is 5.10 Å². The van der Waals surface area contributed by atoms with E-state index in [-0.39, 0.29) is 16.4 Å². The Kier molecular flexibility index (Phi) is 4.42. The molecule has 0 saturated carbocycles. The monoisotopic (exact) mass is 311 g/mol. The summed E-state index contributed by atoms with van der Waals surface area (Å²) in [5, 5.41) is 6.34. The van der Waals surface area contributed by atoms with Gasteiger partial charge in [0, 0.05) is 18.5 Å². The van der Waals surface area contributed by atoms with Crippen LogP contribution in [0.1, 0.15) is 11.4 Å². The first-order chi connectivity index (χ1) is 9.50. The maximum Gasteiger partial charge on any atom is 0.241 e. The topological polar surface area (TPSA) is 114 Å². The van der Waals surface area contributed by atoms with Crippen LogP contribution in [-0.2, 0) is 16.4 Å². The average Bonchev–Trinajstić information content (AvgIpc) is 2.91. The van der Waals surface area contributed by atoms with Gasteiger partial charge in [0.25, 0.3) is 0 Å². The lowest BCUT2D eigenvalue weighted by Crippen LogP contribution is -2.28. The summed E-state index contributed by atoms with van der Waals surface area (Å²) >= 11 is 4.86. The maximum absolute atomic E-state index is 12.2. The van der Waals surface area contributed by atoms with Crippen LogP contribution in [-0.4, -0.2) is 35.1 Å². The molecule has 0 atom stereocenters. The third kappa shape index (κ3) is 3.38. The molecule has 7 nitrogen and oxygen atoms in total. The first-order valence-corrected chi connectivity index (χ1v) is 7.62. The summed E-state index contributed by atoms with van der Waals surface area (Å²) in [7, 11) is -3.67. The SMILES string of the molecule is NC(=S)c1ccccc1S(=O)(=O)NCCc1ncn[nH]1. The fourth-order valence-corrected chi connectivity index (χ4v) is 3.13. The summed E-state index contributed by atoms with van der Waals surface area (Å²) in [6.07, 6.45) is 1.78. The van der Waals surface area contributed by atoms with Crippen LogP contribution >= 0.6 is 12.2 Å². The molecule has 1 heterocycles. The van der Waals surface area contributed by atoms with Crippen molar-refractivity contribution in [3.63, 3.8) is 0 Å². The summed E-state index contributed by atoms with van der Waals surface area (Å²) in [4.78, 5) is 4.03. The van der Waals surface area contributed by atoms with Gasteiger partial charge >= 0.3 is 0 Å². The molecule has 0 saturated heterocycles. The van der Waals surface area contributed by atoms with Crippen LogP contribution < -0.4 is 10.5 Å². The molecular weight excluding hydrogens is 298 g/mol. The molecule has 0 aliphatic carbocycles. The number of sulfonamides is 1. The number of hydrogen-bond donors (Lipinski definition) is 3. The van der Waals surface area contributed by atoms with Crippen LogP contribution in [0.25, 0.3) is 0 Å². The van der Waals surface area contributed by atoms with Crippen molar-refractivity contribution < 1.29 is 8.42 Å². The molecule has 2 aromatic rings. The minimum Gasteiger partial charge on any atom is -0.389 e. The molecular formula is C11H13N5O2S2. The van der Waals surface area contributed by atoms with Gasteiger partial charge in [-0.15, -0.1) is 0 Å². The molecule has 0 radical (unpaired) electrons. The fourth-order valence-electron chi connectivity index (χ4n) is 1.64. The molecule has 0 fully saturated rings. The van der Waals surface area contributed by atoms with Gasteiger partial charge in [-0.05, 0) is 6.07 Å². The Hall–Kier alpha value is -1.84. The van der Waals surface area contributed by atoms with E-state index >= 15 is 0 Å². The molecule has 9 heteroatoms. The predicted octanol–water partition coefficient (Wildman–Crippen LogP) is -0.0401. The van der Waals surface area contributed by atoms with Gasteiger partial charge in [-0.1, -0.05) is 30.4 Å². The standard InChI is InChI=1S/C11H13N5O2S2/c12-11(19)8-3-1-2-4-9(8)20(17,18)15-6-5-10-13-7-14-16-10/h1-4,7,15H,5-6H2,(H2,12,19)(H,13,14,16). The van der Waals surface area contributed by atoms with Crippen LogP contribution in [0.5, 0.6) is 0 Å². The quantitative estimate of drug-likeness (QED) is 0.645. The Morgan fingerprint density at radius 3 is 2.80 bits per heavy atom. The first-order valence-electron chi connectivity index (χ1n) is 5.73. The van der Waals surface area contributed by atoms with Crippen LogP contribution in [0.3, 0.4) is 0 Å². The van der Waals surface area contributed by atoms with E-state index < -0.39 is 10.0 Å². The highest BCUT2D eigenvalue weighted by Crippen LogP contribution is 2.14. The van der Waals surface area contributed by atoms with Crippen molar-refractivity contribution in [1.82, 2.24) is 19.9 Å². The molecule has 0 amide bonds. The van der Waals surface area contributed by atoms with E-state index in [1.54, 1.807) is 18.2 Å². The molecule has 20 heavy (non-hydrogen) atoms. The van der Waals surface area contributed by atoms with Gasteiger partial charge in [0.15, 0.2) is 0 Å². The minimum absolute atomic E-state index is 0.0428. The Labute approximate surface area is 121 Å². The highest BCUT2D eigenvalue weighted by molar-refractivity contribution is 7.89. The first kappa shape index (κ1) is 14.6. The third-order valence-corrected chi connectivity index (χ3v) is 4.30. The molecule has 1 aromatic heterocycles. The molecule has 0 unspecified atom stereocenters. The minimum atomic E-state index is -3.67. The number of nitrogens with one attached hydrogen (secondary N) is 2. The van der Waals surface area contributed by atoms with Crippen molar-refractivity contribution in [2.75, 3.05) is 6.54 Å². The second-order valence-corrected chi connectivity index (χ2v) is 6.12. The largest absolute Gasteiger partial charge is 0.389 e. The number of hydrogen-bond acceptors (Lipinski definition) is 5. The number of rotatable bonds is 6. The van der Waals surface area contributed by atoms with Crippen molar-refractivity contribution >= 4 is 27.2 Å². The van der Waals surface area contributed by atoms with E-state index in [9.17, 15) is 8.42 Å². The van der Waals surface area contributed by atoms with Crippen LogP contribution in [0.15, 0.2) is 35.5 Å². The molecule has 0 spiro atoms. The van der Waals surface area contributed by atoms with Crippen molar-refractivity contribution in [1.29, 1.82) is 0 Å². The van der Waals surface area contributed by atoms with Crippen LogP contribution in [0.2, 0.25) is 0 Å². The van der Waals surface area contributed by atoms with E-state index in [1.165, 1.54) is 12.4 Å². The van der Waals surface area contributed by atoms with E-state index in [2.05, 4.69) is 19.9 Å². The molecule has 0 bridgehead atoms. The number of benzene rings is 1. The fraction of sp³-hybridized carbons (Fsp3) is 0.182. The molecule has 4 N–H and O–H groups in total. The second kappa shape index (κ2) is 6.07. The second-order valence-electron chi connectivity index (χ2n) is 3.94. The maximum atomic E-state index is 12.2. The van der Waals surface area contributed by atoms with E-state index in [0.29, 0.717) is 17.8 Å². The van der Waals surface area contributed by atoms with Crippen molar-refractivity contribution in [2.24, 2.45) is 5.73 Å². The highest BCUT2D eigenvalue weighted by Gasteiger charge is 2.18. The summed E-state index contributed by atoms with van der Waals surface area (Å²) in [6, 6.07) is 6.34. The van der Waals surface area contributed by atoms with Gasteiger partial charge in [0.2, 0.25) is 10.0 Å². The van der Waals surface area contributed by atoms with E-state index in [4.69, 9.17) is 18.0 Å². The zero-order valence-corrected chi connectivity index (χ0v) is 12.0. The van der Waals surface area contributed by atoms with E-state index in [0.717, 1.165) is 0 Å². The third-order valence-electron chi connectivity index (χ3n) is 2.56. The number of nitrogens with zero attached hydrogens (tertiary/aromatic N) is 2. The van der Waals surface area contributed by atoms with Crippen molar-refractivity contribution in [2.45, 2.75) is 11.3 Å². The predicted molar refractivity (Wildman–Crippen MR) is 77.6 cm³/mol. The number of aromatic nitrogens is 3. The van der Waals surface area contributed by atoms with Gasteiger partial charge in [-0.2, -0.15) is 5.10 Å². The van der Waals surface area contributed by atoms with Gasteiger partial charge in [0.1, 0.15) is 17.1 Å². The lowest BCUT2D eigenvalue weighted by Gasteiger charge is -2.10. The Morgan fingerprint density at radius 2 is 2.15 bits per heavy atom. The normalized spacial score (nSPS) is 11.4. The zero-order valence-electron chi connectivity index (χ0n) is 10.4. The van der Waals surface area contributed by atoms with Gasteiger partial charge < -0.3 is 5.73 Å². The molecule has 1 aromatic carbocycles.